The molecule has 2 N–H and O–H groups in total. The van der Waals surface area contributed by atoms with E-state index in [1.807, 2.05) is 19.0 Å². The molecule has 10 heteroatoms. The minimum absolute atomic E-state index is 0.0957. The van der Waals surface area contributed by atoms with Gasteiger partial charge in [0.25, 0.3) is 0 Å². The van der Waals surface area contributed by atoms with Crippen LogP contribution in [0.25, 0.3) is 0 Å². The summed E-state index contributed by atoms with van der Waals surface area (Å²) in [5.74, 6) is 0.543. The molecule has 0 unspecified atom stereocenters. The third-order valence-corrected chi connectivity index (χ3v) is 7.55. The maximum Gasteiger partial charge on any atom is 0.247 e. The normalized spacial score (nSPS) is 12.5. The number of nitrogens with two attached hydrogens (primary N) is 1. The summed E-state index contributed by atoms with van der Waals surface area (Å²) in [4.78, 5) is 1.84. The molecule has 2 aromatic rings. The Balaban J connectivity index is 2.58. The fourth-order valence-electron chi connectivity index (χ4n) is 2.13. The van der Waals surface area contributed by atoms with Gasteiger partial charge in [-0.15, -0.1) is 11.3 Å². The summed E-state index contributed by atoms with van der Waals surface area (Å²) in [5.41, 5.74) is 0.558. The fraction of sp³-hybridized carbons (Fsp3) is 0.286. The highest BCUT2D eigenvalue weighted by atomic mass is 32.2. The Labute approximate surface area is 145 Å². The van der Waals surface area contributed by atoms with Gasteiger partial charge in [-0.3, -0.25) is 0 Å². The first-order valence-electron chi connectivity index (χ1n) is 6.74. The molecule has 132 valence electrons. The smallest absolute Gasteiger partial charge is 0.247 e. The molecule has 0 aliphatic heterocycles. The molecule has 0 aliphatic rings. The first-order valence-corrected chi connectivity index (χ1v) is 10.6. The number of methoxy groups -OCH3 is 1. The second kappa shape index (κ2) is 6.81. The molecule has 1 aromatic carbocycles. The van der Waals surface area contributed by atoms with Gasteiger partial charge in [0.15, 0.2) is 0 Å². The third-order valence-electron chi connectivity index (χ3n) is 3.19. The van der Waals surface area contributed by atoms with Crippen molar-refractivity contribution in [2.45, 2.75) is 20.5 Å². The predicted molar refractivity (Wildman–Crippen MR) is 91.5 cm³/mol. The second-order valence-electron chi connectivity index (χ2n) is 5.36. The lowest BCUT2D eigenvalue weighted by molar-refractivity contribution is 0.391. The van der Waals surface area contributed by atoms with E-state index in [0.29, 0.717) is 17.9 Å². The minimum atomic E-state index is -3.94. The van der Waals surface area contributed by atoms with Crippen LogP contribution in [0.5, 0.6) is 5.75 Å². The maximum absolute atomic E-state index is 12.9. The first-order chi connectivity index (χ1) is 11.1. The summed E-state index contributed by atoms with van der Waals surface area (Å²) >= 11 is 0.778. The lowest BCUT2D eigenvalue weighted by Crippen LogP contribution is -2.14. The maximum atomic E-state index is 12.9. The van der Waals surface area contributed by atoms with E-state index in [0.717, 1.165) is 17.4 Å². The monoisotopic (exact) mass is 390 g/mol. The summed E-state index contributed by atoms with van der Waals surface area (Å²) in [6.45, 7) is 0.387. The average Bonchev–Trinajstić information content (AvgIpc) is 2.96. The van der Waals surface area contributed by atoms with Crippen LogP contribution in [0.3, 0.4) is 0 Å². The standard InChI is InChI=1S/C14H18N2O5S3/c1-16(2)8-10-6-11(21-3)4-5-13(10)23(17,18)12-7-14(22-9-12)24(15,19)20/h4-7,9H,8H2,1-3H3,(H2,15,19,20). The molecule has 1 aromatic heterocycles. The van der Waals surface area contributed by atoms with Crippen molar-refractivity contribution in [3.63, 3.8) is 0 Å². The van der Waals surface area contributed by atoms with Gasteiger partial charge in [-0.2, -0.15) is 0 Å². The molecule has 0 spiro atoms. The Hall–Kier alpha value is -1.46. The number of primary sulfonamides is 1. The Morgan fingerprint density at radius 2 is 1.83 bits per heavy atom. The molecule has 0 aliphatic carbocycles. The Bertz CT molecular complexity index is 947. The van der Waals surface area contributed by atoms with Crippen LogP contribution in [-0.4, -0.2) is 42.9 Å². The number of ether oxygens (including phenoxy) is 1. The van der Waals surface area contributed by atoms with E-state index in [1.54, 1.807) is 12.1 Å². The Kier molecular flexibility index (Phi) is 5.35. The molecule has 0 fully saturated rings. The van der Waals surface area contributed by atoms with Crippen molar-refractivity contribution >= 4 is 31.2 Å². The summed E-state index contributed by atoms with van der Waals surface area (Å²) in [6, 6.07) is 5.75. The van der Waals surface area contributed by atoms with Gasteiger partial charge in [0.05, 0.1) is 16.9 Å². The van der Waals surface area contributed by atoms with Crippen LogP contribution in [0.1, 0.15) is 5.56 Å². The van der Waals surface area contributed by atoms with Crippen molar-refractivity contribution in [3.8, 4) is 5.75 Å². The topological polar surface area (TPSA) is 107 Å². The molecule has 0 amide bonds. The van der Waals surface area contributed by atoms with Crippen molar-refractivity contribution in [1.29, 1.82) is 0 Å². The molecular formula is C14H18N2O5S3. The summed E-state index contributed by atoms with van der Waals surface area (Å²) in [7, 11) is -2.67. The molecule has 24 heavy (non-hydrogen) atoms. The Morgan fingerprint density at radius 3 is 2.33 bits per heavy atom. The Morgan fingerprint density at radius 1 is 1.17 bits per heavy atom. The van der Waals surface area contributed by atoms with Gasteiger partial charge in [0.1, 0.15) is 9.96 Å². The number of sulfonamides is 1. The van der Waals surface area contributed by atoms with Gasteiger partial charge < -0.3 is 9.64 Å². The number of thiophene rings is 1. The highest BCUT2D eigenvalue weighted by Crippen LogP contribution is 2.31. The average molecular weight is 391 g/mol. The fourth-order valence-corrected chi connectivity index (χ4v) is 5.64. The van der Waals surface area contributed by atoms with Gasteiger partial charge in [0, 0.05) is 11.9 Å². The van der Waals surface area contributed by atoms with E-state index in [4.69, 9.17) is 9.88 Å². The van der Waals surface area contributed by atoms with Gasteiger partial charge in [-0.25, -0.2) is 22.0 Å². The van der Waals surface area contributed by atoms with E-state index >= 15 is 0 Å². The zero-order valence-electron chi connectivity index (χ0n) is 13.4. The zero-order valence-corrected chi connectivity index (χ0v) is 15.8. The molecule has 2 rings (SSSR count). The van der Waals surface area contributed by atoms with E-state index in [1.165, 1.54) is 18.6 Å². The lowest BCUT2D eigenvalue weighted by Gasteiger charge is -2.15. The second-order valence-corrected chi connectivity index (χ2v) is 9.98. The van der Waals surface area contributed by atoms with Crippen LogP contribution in [0.2, 0.25) is 0 Å². The SMILES string of the molecule is COc1ccc(S(=O)(=O)c2csc(S(N)(=O)=O)c2)c(CN(C)C)c1. The molecule has 0 atom stereocenters. The highest BCUT2D eigenvalue weighted by Gasteiger charge is 2.25. The molecular weight excluding hydrogens is 372 g/mol. The van der Waals surface area contributed by atoms with Crippen molar-refractivity contribution in [3.05, 3.63) is 35.2 Å². The molecule has 0 bridgehead atoms. The largest absolute Gasteiger partial charge is 0.497 e. The lowest BCUT2D eigenvalue weighted by atomic mass is 10.2. The van der Waals surface area contributed by atoms with E-state index in [-0.39, 0.29) is 14.0 Å². The van der Waals surface area contributed by atoms with Crippen molar-refractivity contribution in [2.24, 2.45) is 5.14 Å². The zero-order chi connectivity index (χ0) is 18.1. The third kappa shape index (κ3) is 3.95. The quantitative estimate of drug-likeness (QED) is 0.797. The number of nitrogens with zero attached hydrogens (tertiary/aromatic N) is 1. The molecule has 0 radical (unpaired) electrons. The first kappa shape index (κ1) is 18.9. The highest BCUT2D eigenvalue weighted by molar-refractivity contribution is 7.92. The van der Waals surface area contributed by atoms with Crippen LogP contribution >= 0.6 is 11.3 Å². The molecule has 7 nitrogen and oxygen atoms in total. The van der Waals surface area contributed by atoms with Gasteiger partial charge in [-0.05, 0) is 43.9 Å². The van der Waals surface area contributed by atoms with E-state index in [2.05, 4.69) is 0 Å². The number of benzene rings is 1. The number of rotatable bonds is 6. The van der Waals surface area contributed by atoms with Gasteiger partial charge in [-0.1, -0.05) is 0 Å². The molecule has 0 saturated carbocycles. The number of sulfone groups is 1. The van der Waals surface area contributed by atoms with Crippen LogP contribution in [-0.2, 0) is 26.4 Å². The van der Waals surface area contributed by atoms with E-state index < -0.39 is 19.9 Å². The molecule has 0 saturated heterocycles. The van der Waals surface area contributed by atoms with Gasteiger partial charge >= 0.3 is 0 Å². The minimum Gasteiger partial charge on any atom is -0.497 e. The summed E-state index contributed by atoms with van der Waals surface area (Å²) in [6.07, 6.45) is 0. The van der Waals surface area contributed by atoms with Crippen LogP contribution in [0, 0.1) is 0 Å². The predicted octanol–water partition coefficient (Wildman–Crippen LogP) is 1.30. The van der Waals surface area contributed by atoms with Crippen molar-refractivity contribution in [1.82, 2.24) is 4.90 Å². The van der Waals surface area contributed by atoms with Crippen molar-refractivity contribution < 1.29 is 21.6 Å². The van der Waals surface area contributed by atoms with Crippen LogP contribution in [0.15, 0.2) is 43.6 Å². The molecule has 1 heterocycles. The number of hydrogen-bond donors (Lipinski definition) is 1. The van der Waals surface area contributed by atoms with Crippen LogP contribution in [0.4, 0.5) is 0 Å². The summed E-state index contributed by atoms with van der Waals surface area (Å²) < 4.78 is 53.5. The van der Waals surface area contributed by atoms with Crippen LogP contribution < -0.4 is 9.88 Å². The van der Waals surface area contributed by atoms with Gasteiger partial charge in [0.2, 0.25) is 19.9 Å². The summed E-state index contributed by atoms with van der Waals surface area (Å²) in [5, 5.41) is 6.33. The van der Waals surface area contributed by atoms with Crippen molar-refractivity contribution in [2.75, 3.05) is 21.2 Å². The number of hydrogen-bond acceptors (Lipinski definition) is 7. The van der Waals surface area contributed by atoms with E-state index in [9.17, 15) is 16.8 Å².